The summed E-state index contributed by atoms with van der Waals surface area (Å²) in [6.45, 7) is 1.19. The summed E-state index contributed by atoms with van der Waals surface area (Å²) in [6.07, 6.45) is 2.09. The van der Waals surface area contributed by atoms with Gasteiger partial charge in [0.1, 0.15) is 18.2 Å². The molecule has 0 aliphatic rings. The summed E-state index contributed by atoms with van der Waals surface area (Å²) in [6, 6.07) is 22.4. The number of halogens is 1. The summed E-state index contributed by atoms with van der Waals surface area (Å²) < 4.78 is 31.1. The Morgan fingerprint density at radius 3 is 2.53 bits per heavy atom. The second-order valence-corrected chi connectivity index (χ2v) is 10.4. The molecular formula is C26H27ClN4O4S. The van der Waals surface area contributed by atoms with Gasteiger partial charge in [-0.1, -0.05) is 48.0 Å². The SMILES string of the molecule is CS(=O)(=O)Nc1cc(C(O)CNCCOc2ccc(-c3c[nH]c(-c4ccccc4)n3)cc2)ccc1Cl. The Morgan fingerprint density at radius 1 is 1.06 bits per heavy atom. The number of rotatable bonds is 11. The van der Waals surface area contributed by atoms with Crippen molar-refractivity contribution in [2.24, 2.45) is 0 Å². The van der Waals surface area contributed by atoms with Gasteiger partial charge in [-0.05, 0) is 42.0 Å². The van der Waals surface area contributed by atoms with Crippen molar-refractivity contribution in [2.75, 3.05) is 30.7 Å². The fraction of sp³-hybridized carbons (Fsp3) is 0.192. The van der Waals surface area contributed by atoms with Crippen molar-refractivity contribution < 1.29 is 18.3 Å². The van der Waals surface area contributed by atoms with Gasteiger partial charge in [0.15, 0.2) is 0 Å². The fourth-order valence-electron chi connectivity index (χ4n) is 3.56. The van der Waals surface area contributed by atoms with Gasteiger partial charge in [-0.2, -0.15) is 0 Å². The maximum Gasteiger partial charge on any atom is 0.229 e. The van der Waals surface area contributed by atoms with E-state index in [0.717, 1.165) is 34.7 Å². The molecule has 0 bridgehead atoms. The van der Waals surface area contributed by atoms with E-state index in [1.165, 1.54) is 6.07 Å². The van der Waals surface area contributed by atoms with Crippen LogP contribution in [0.1, 0.15) is 11.7 Å². The Kier molecular flexibility index (Phi) is 8.27. The predicted octanol–water partition coefficient (Wildman–Crippen LogP) is 4.47. The number of nitrogens with zero attached hydrogens (tertiary/aromatic N) is 1. The number of H-pyrrole nitrogens is 1. The monoisotopic (exact) mass is 526 g/mol. The second-order valence-electron chi connectivity index (χ2n) is 8.21. The van der Waals surface area contributed by atoms with Crippen molar-refractivity contribution in [1.82, 2.24) is 15.3 Å². The fourth-order valence-corrected chi connectivity index (χ4v) is 4.35. The van der Waals surface area contributed by atoms with Crippen LogP contribution in [0.2, 0.25) is 5.02 Å². The molecule has 188 valence electrons. The van der Waals surface area contributed by atoms with E-state index in [4.69, 9.17) is 16.3 Å². The van der Waals surface area contributed by atoms with E-state index in [2.05, 4.69) is 20.0 Å². The lowest BCUT2D eigenvalue weighted by atomic mass is 10.1. The molecule has 0 fully saturated rings. The number of nitrogens with one attached hydrogen (secondary N) is 3. The zero-order valence-corrected chi connectivity index (χ0v) is 21.2. The molecule has 1 aromatic heterocycles. The highest BCUT2D eigenvalue weighted by Crippen LogP contribution is 2.27. The number of aromatic amines is 1. The average molecular weight is 527 g/mol. The van der Waals surface area contributed by atoms with Gasteiger partial charge in [0.25, 0.3) is 0 Å². The molecule has 0 spiro atoms. The molecule has 0 amide bonds. The summed E-state index contributed by atoms with van der Waals surface area (Å²) in [5, 5.41) is 13.8. The van der Waals surface area contributed by atoms with Crippen molar-refractivity contribution >= 4 is 27.3 Å². The Hall–Kier alpha value is -3.37. The highest BCUT2D eigenvalue weighted by molar-refractivity contribution is 7.92. The minimum Gasteiger partial charge on any atom is -0.492 e. The Morgan fingerprint density at radius 2 is 1.81 bits per heavy atom. The number of benzene rings is 3. The lowest BCUT2D eigenvalue weighted by Crippen LogP contribution is -2.26. The van der Waals surface area contributed by atoms with Crippen LogP contribution < -0.4 is 14.8 Å². The minimum absolute atomic E-state index is 0.230. The van der Waals surface area contributed by atoms with Gasteiger partial charge >= 0.3 is 0 Å². The smallest absolute Gasteiger partial charge is 0.229 e. The maximum absolute atomic E-state index is 11.5. The maximum atomic E-state index is 11.5. The van der Waals surface area contributed by atoms with Crippen molar-refractivity contribution in [3.63, 3.8) is 0 Å². The zero-order valence-electron chi connectivity index (χ0n) is 19.6. The van der Waals surface area contributed by atoms with Crippen molar-refractivity contribution in [2.45, 2.75) is 6.10 Å². The van der Waals surface area contributed by atoms with Crippen molar-refractivity contribution in [3.05, 3.63) is 89.6 Å². The molecule has 10 heteroatoms. The van der Waals surface area contributed by atoms with Crippen molar-refractivity contribution in [3.8, 4) is 28.4 Å². The number of aromatic nitrogens is 2. The summed E-state index contributed by atoms with van der Waals surface area (Å²) >= 11 is 6.04. The largest absolute Gasteiger partial charge is 0.492 e. The van der Waals surface area contributed by atoms with E-state index in [1.54, 1.807) is 12.1 Å². The van der Waals surface area contributed by atoms with Gasteiger partial charge in [0.2, 0.25) is 10.0 Å². The van der Waals surface area contributed by atoms with Gasteiger partial charge in [-0.25, -0.2) is 13.4 Å². The summed E-state index contributed by atoms with van der Waals surface area (Å²) in [5.41, 5.74) is 3.64. The number of hydrogen-bond donors (Lipinski definition) is 4. The third-order valence-electron chi connectivity index (χ3n) is 5.33. The van der Waals surface area contributed by atoms with Gasteiger partial charge in [0.05, 0.1) is 28.8 Å². The Balaban J connectivity index is 1.23. The molecule has 0 saturated heterocycles. The number of hydrogen-bond acceptors (Lipinski definition) is 6. The molecule has 8 nitrogen and oxygen atoms in total. The Labute approximate surface area is 215 Å². The highest BCUT2D eigenvalue weighted by atomic mass is 35.5. The molecule has 0 radical (unpaired) electrons. The Bertz CT molecular complexity index is 1390. The summed E-state index contributed by atoms with van der Waals surface area (Å²) in [7, 11) is -3.48. The van der Waals surface area contributed by atoms with Gasteiger partial charge in [-0.3, -0.25) is 4.72 Å². The van der Waals surface area contributed by atoms with E-state index >= 15 is 0 Å². The van der Waals surface area contributed by atoms with Crippen molar-refractivity contribution in [1.29, 1.82) is 0 Å². The van der Waals surface area contributed by atoms with E-state index in [-0.39, 0.29) is 17.3 Å². The van der Waals surface area contributed by atoms with Crippen LogP contribution >= 0.6 is 11.6 Å². The molecule has 1 heterocycles. The third kappa shape index (κ3) is 7.08. The number of ether oxygens (including phenoxy) is 1. The van der Waals surface area contributed by atoms with Gasteiger partial charge in [-0.15, -0.1) is 0 Å². The van der Waals surface area contributed by atoms with Crippen LogP contribution in [0, 0.1) is 0 Å². The molecular weight excluding hydrogens is 500 g/mol. The van der Waals surface area contributed by atoms with Gasteiger partial charge < -0.3 is 20.1 Å². The summed E-state index contributed by atoms with van der Waals surface area (Å²) in [5.74, 6) is 1.55. The lowest BCUT2D eigenvalue weighted by molar-refractivity contribution is 0.172. The molecule has 0 aliphatic carbocycles. The van der Waals surface area contributed by atoms with Crippen LogP contribution in [0.5, 0.6) is 5.75 Å². The first kappa shape index (κ1) is 25.7. The number of aliphatic hydroxyl groups excluding tert-OH is 1. The molecule has 4 aromatic rings. The molecule has 3 aromatic carbocycles. The molecule has 4 N–H and O–H groups in total. The van der Waals surface area contributed by atoms with E-state index in [1.807, 2.05) is 60.8 Å². The van der Waals surface area contributed by atoms with Crippen LogP contribution in [0.15, 0.2) is 79.0 Å². The molecule has 1 atom stereocenters. The van der Waals surface area contributed by atoms with E-state index < -0.39 is 16.1 Å². The number of imidazole rings is 1. The number of anilines is 1. The first-order valence-electron chi connectivity index (χ1n) is 11.3. The molecule has 0 saturated carbocycles. The minimum atomic E-state index is -3.48. The van der Waals surface area contributed by atoms with Crippen LogP contribution in [0.4, 0.5) is 5.69 Å². The number of sulfonamides is 1. The van der Waals surface area contributed by atoms with E-state index in [9.17, 15) is 13.5 Å². The first-order valence-corrected chi connectivity index (χ1v) is 13.6. The second kappa shape index (κ2) is 11.6. The number of aliphatic hydroxyl groups is 1. The zero-order chi connectivity index (χ0) is 25.5. The van der Waals surface area contributed by atoms with Crippen LogP contribution in [-0.2, 0) is 10.0 Å². The van der Waals surface area contributed by atoms with Gasteiger partial charge in [0, 0.05) is 30.4 Å². The average Bonchev–Trinajstić information content (AvgIpc) is 3.36. The topological polar surface area (TPSA) is 116 Å². The highest BCUT2D eigenvalue weighted by Gasteiger charge is 2.12. The van der Waals surface area contributed by atoms with E-state index in [0.29, 0.717) is 18.7 Å². The van der Waals surface area contributed by atoms with Crippen LogP contribution in [0.3, 0.4) is 0 Å². The molecule has 36 heavy (non-hydrogen) atoms. The molecule has 1 unspecified atom stereocenters. The lowest BCUT2D eigenvalue weighted by Gasteiger charge is -2.15. The molecule has 0 aliphatic heterocycles. The quantitative estimate of drug-likeness (QED) is 0.214. The first-order chi connectivity index (χ1) is 17.3. The molecule has 4 rings (SSSR count). The van der Waals surface area contributed by atoms with Crippen LogP contribution in [-0.4, -0.2) is 49.4 Å². The summed E-state index contributed by atoms with van der Waals surface area (Å²) in [4.78, 5) is 7.88. The predicted molar refractivity (Wildman–Crippen MR) is 143 cm³/mol. The third-order valence-corrected chi connectivity index (χ3v) is 6.25. The standard InChI is InChI=1S/C26H27ClN4O4S/c1-36(33,34)31-23-15-20(9-12-22(23)27)25(32)17-28-13-14-35-21-10-7-18(8-11-21)24-16-29-26(30-24)19-5-3-2-4-6-19/h2-12,15-16,25,28,31-32H,13-14,17H2,1H3,(H,29,30). The normalized spacial score (nSPS) is 12.3. The van der Waals surface area contributed by atoms with Crippen LogP contribution in [0.25, 0.3) is 22.6 Å².